The van der Waals surface area contributed by atoms with Crippen molar-refractivity contribution in [3.05, 3.63) is 65.2 Å². The molecule has 0 amide bonds. The maximum atomic E-state index is 12.7. The molecule has 0 spiro atoms. The molecule has 2 aliphatic rings. The van der Waals surface area contributed by atoms with Crippen LogP contribution in [0.3, 0.4) is 0 Å². The number of aliphatic hydroxyl groups excluding tert-OH is 1. The van der Waals surface area contributed by atoms with Gasteiger partial charge in [0.15, 0.2) is 0 Å². The lowest BCUT2D eigenvalue weighted by Gasteiger charge is -2.46. The fourth-order valence-corrected chi connectivity index (χ4v) is 5.82. The van der Waals surface area contributed by atoms with Gasteiger partial charge in [-0.25, -0.2) is 0 Å². The minimum Gasteiger partial charge on any atom is -0.393 e. The van der Waals surface area contributed by atoms with Crippen molar-refractivity contribution < 1.29 is 30.9 Å². The van der Waals surface area contributed by atoms with Gasteiger partial charge in [0.2, 0.25) is 0 Å². The van der Waals surface area contributed by atoms with Crippen LogP contribution >= 0.6 is 0 Å². The molecular weight excluding hydrogens is 453 g/mol. The van der Waals surface area contributed by atoms with E-state index in [1.165, 1.54) is 12.1 Å². The van der Waals surface area contributed by atoms with E-state index in [0.717, 1.165) is 42.4 Å². The maximum absolute atomic E-state index is 12.7. The first-order valence-corrected chi connectivity index (χ1v) is 12.9. The third kappa shape index (κ3) is 5.38. The van der Waals surface area contributed by atoms with E-state index in [9.17, 15) is 26.7 Å². The van der Waals surface area contributed by atoms with E-state index in [0.29, 0.717) is 19.3 Å². The van der Waals surface area contributed by atoms with Gasteiger partial charge in [-0.2, -0.15) is 21.6 Å². The largest absolute Gasteiger partial charge is 0.534 e. The number of hydrogen-bond donors (Lipinski definition) is 1. The lowest BCUT2D eigenvalue weighted by atomic mass is 9.58. The van der Waals surface area contributed by atoms with Crippen molar-refractivity contribution in [2.24, 2.45) is 5.92 Å². The normalized spacial score (nSPS) is 25.0. The first kappa shape index (κ1) is 25.6. The van der Waals surface area contributed by atoms with E-state index in [-0.39, 0.29) is 23.2 Å². The second-order valence-corrected chi connectivity index (χ2v) is 10.2. The number of aryl methyl sites for hydroxylation is 1. The summed E-state index contributed by atoms with van der Waals surface area (Å²) < 4.78 is 65.5. The fourth-order valence-electron chi connectivity index (χ4n) is 5.36. The van der Waals surface area contributed by atoms with Crippen molar-refractivity contribution in [3.8, 4) is 5.75 Å². The monoisotopic (exact) mass is 484 g/mol. The van der Waals surface area contributed by atoms with Gasteiger partial charge < -0.3 is 9.29 Å². The van der Waals surface area contributed by atoms with Gasteiger partial charge in [-0.15, -0.1) is 0 Å². The molecule has 2 aliphatic carbocycles. The smallest absolute Gasteiger partial charge is 0.393 e. The Morgan fingerprint density at radius 3 is 2.45 bits per heavy atom. The van der Waals surface area contributed by atoms with E-state index < -0.39 is 15.6 Å². The van der Waals surface area contributed by atoms with Gasteiger partial charge >= 0.3 is 15.6 Å². The number of hydrogen-bond acceptors (Lipinski definition) is 4. The zero-order valence-corrected chi connectivity index (χ0v) is 19.8. The highest BCUT2D eigenvalue weighted by Gasteiger charge is 2.49. The Morgan fingerprint density at radius 2 is 1.79 bits per heavy atom. The summed E-state index contributed by atoms with van der Waals surface area (Å²) in [5.74, 6) is -0.0800. The first-order chi connectivity index (χ1) is 15.6. The second-order valence-electron chi connectivity index (χ2n) is 8.64. The predicted octanol–water partition coefficient (Wildman–Crippen LogP) is 5.92. The van der Waals surface area contributed by atoms with Crippen molar-refractivity contribution in [2.75, 3.05) is 0 Å². The molecule has 2 aromatic carbocycles. The number of aliphatic hydroxyl groups is 1. The summed E-state index contributed by atoms with van der Waals surface area (Å²) in [4.78, 5) is 0. The van der Waals surface area contributed by atoms with Crippen LogP contribution in [-0.2, 0) is 28.4 Å². The average Bonchev–Trinajstić information content (AvgIpc) is 2.91. The van der Waals surface area contributed by atoms with Gasteiger partial charge in [-0.05, 0) is 79.7 Å². The van der Waals surface area contributed by atoms with E-state index in [2.05, 4.69) is 16.3 Å². The van der Waals surface area contributed by atoms with Crippen LogP contribution in [0.1, 0.15) is 62.6 Å². The summed E-state index contributed by atoms with van der Waals surface area (Å²) in [5, 5.41) is 10.3. The first-order valence-electron chi connectivity index (χ1n) is 11.5. The van der Waals surface area contributed by atoms with Crippen LogP contribution in [0.2, 0.25) is 0 Å². The molecule has 1 saturated carbocycles. The molecule has 182 valence electrons. The Bertz CT molecular complexity index is 1040. The van der Waals surface area contributed by atoms with Crippen LogP contribution in [0.5, 0.6) is 5.75 Å². The molecule has 3 atom stereocenters. The van der Waals surface area contributed by atoms with Crippen LogP contribution in [0.25, 0.3) is 0 Å². The lowest BCUT2D eigenvalue weighted by Crippen LogP contribution is -2.43. The highest BCUT2D eigenvalue weighted by Crippen LogP contribution is 2.51. The van der Waals surface area contributed by atoms with Crippen LogP contribution in [0.15, 0.2) is 48.5 Å². The predicted molar refractivity (Wildman–Crippen MR) is 122 cm³/mol. The molecule has 2 aromatic rings. The molecular formula is C25H31F3O4S. The molecule has 0 bridgehead atoms. The molecule has 8 heteroatoms. The fraction of sp³-hybridized carbons (Fsp3) is 0.520. The molecule has 3 unspecified atom stereocenters. The van der Waals surface area contributed by atoms with Gasteiger partial charge in [0.1, 0.15) is 5.75 Å². The Hall–Kier alpha value is -2.06. The topological polar surface area (TPSA) is 63.6 Å². The van der Waals surface area contributed by atoms with Gasteiger partial charge in [0.05, 0.1) is 6.10 Å². The average molecular weight is 485 g/mol. The van der Waals surface area contributed by atoms with Crippen molar-refractivity contribution in [3.63, 3.8) is 0 Å². The Labute approximate surface area is 193 Å². The number of fused-ring (bicyclic) bond motifs is 3. The zero-order chi connectivity index (χ0) is 24.3. The van der Waals surface area contributed by atoms with Crippen LogP contribution < -0.4 is 4.18 Å². The molecule has 33 heavy (non-hydrogen) atoms. The van der Waals surface area contributed by atoms with Crippen LogP contribution in [0.4, 0.5) is 13.2 Å². The van der Waals surface area contributed by atoms with Gasteiger partial charge in [0.25, 0.3) is 0 Å². The van der Waals surface area contributed by atoms with Crippen molar-refractivity contribution in [1.82, 2.24) is 0 Å². The number of rotatable bonds is 4. The Balaban J connectivity index is 0.00000149. The van der Waals surface area contributed by atoms with Crippen molar-refractivity contribution in [1.29, 1.82) is 0 Å². The number of benzene rings is 2. The van der Waals surface area contributed by atoms with Crippen molar-refractivity contribution in [2.45, 2.75) is 75.8 Å². The summed E-state index contributed by atoms with van der Waals surface area (Å²) in [6, 6.07) is 14.5. The molecule has 1 N–H and O–H groups in total. The molecule has 0 saturated heterocycles. The Kier molecular flexibility index (Phi) is 7.79. The van der Waals surface area contributed by atoms with Crippen LogP contribution in [-0.4, -0.2) is 25.1 Å². The standard InChI is InChI=1S/C23H25F3O4S.C2H6/c24-23(25,26)31(28,29)30-20-9-10-21-17(13-20)7-4-8-18-14-19(27)11-12-22(18,21)15-16-5-2-1-3-6-16;1-2/h1-3,5-6,9-10,13,18-19,27H,4,7-8,11-12,14-15H2;1-2H3. The minimum absolute atomic E-state index is 0.239. The summed E-state index contributed by atoms with van der Waals surface area (Å²) in [6.07, 6.45) is 4.86. The molecule has 0 aromatic heterocycles. The quantitative estimate of drug-likeness (QED) is 0.432. The summed E-state index contributed by atoms with van der Waals surface area (Å²) >= 11 is 0. The number of halogens is 3. The molecule has 0 radical (unpaired) electrons. The second kappa shape index (κ2) is 10.1. The van der Waals surface area contributed by atoms with Gasteiger partial charge in [-0.3, -0.25) is 0 Å². The maximum Gasteiger partial charge on any atom is 0.534 e. The van der Waals surface area contributed by atoms with Crippen molar-refractivity contribution >= 4 is 10.1 Å². The zero-order valence-electron chi connectivity index (χ0n) is 18.9. The third-order valence-corrected chi connectivity index (χ3v) is 7.70. The van der Waals surface area contributed by atoms with E-state index >= 15 is 0 Å². The third-order valence-electron chi connectivity index (χ3n) is 6.73. The molecule has 4 nitrogen and oxygen atoms in total. The molecule has 4 rings (SSSR count). The van der Waals surface area contributed by atoms with Gasteiger partial charge in [0, 0.05) is 5.41 Å². The van der Waals surface area contributed by atoms with E-state index in [1.54, 1.807) is 6.07 Å². The van der Waals surface area contributed by atoms with E-state index in [1.807, 2.05) is 32.0 Å². The summed E-state index contributed by atoms with van der Waals surface area (Å²) in [5.41, 5.74) is -2.71. The molecule has 0 heterocycles. The minimum atomic E-state index is -5.71. The van der Waals surface area contributed by atoms with Crippen LogP contribution in [0, 0.1) is 5.92 Å². The van der Waals surface area contributed by atoms with Gasteiger partial charge in [-0.1, -0.05) is 50.2 Å². The van der Waals surface area contributed by atoms with E-state index in [4.69, 9.17) is 0 Å². The Morgan fingerprint density at radius 1 is 1.09 bits per heavy atom. The number of alkyl halides is 3. The molecule has 0 aliphatic heterocycles. The lowest BCUT2D eigenvalue weighted by molar-refractivity contribution is -0.0500. The highest BCUT2D eigenvalue weighted by molar-refractivity contribution is 7.88. The highest BCUT2D eigenvalue weighted by atomic mass is 32.2. The summed E-state index contributed by atoms with van der Waals surface area (Å²) in [6.45, 7) is 4.00. The SMILES string of the molecule is CC.O=S(=O)(Oc1ccc2c(c1)CCCC1CC(O)CCC21Cc1ccccc1)C(F)(F)F. The summed E-state index contributed by atoms with van der Waals surface area (Å²) in [7, 11) is -5.71. The molecule has 1 fully saturated rings.